The first kappa shape index (κ1) is 33.4. The number of ether oxygens (including phenoxy) is 2. The lowest BCUT2D eigenvalue weighted by Gasteiger charge is -2.14. The predicted molar refractivity (Wildman–Crippen MR) is 173 cm³/mol. The van der Waals surface area contributed by atoms with E-state index in [2.05, 4.69) is 27.2 Å². The highest BCUT2D eigenvalue weighted by Crippen LogP contribution is 2.27. The Kier molecular flexibility index (Phi) is 10.5. The average molecular weight is 617 g/mol. The van der Waals surface area contributed by atoms with E-state index in [9.17, 15) is 19.2 Å². The summed E-state index contributed by atoms with van der Waals surface area (Å²) in [6.07, 6.45) is 7.28. The summed E-state index contributed by atoms with van der Waals surface area (Å²) in [5.41, 5.74) is 9.79. The van der Waals surface area contributed by atoms with Gasteiger partial charge in [-0.25, -0.2) is 4.99 Å². The monoisotopic (exact) mass is 616 g/mol. The van der Waals surface area contributed by atoms with Gasteiger partial charge in [0, 0.05) is 52.5 Å². The van der Waals surface area contributed by atoms with Gasteiger partial charge in [0.1, 0.15) is 0 Å². The van der Waals surface area contributed by atoms with Crippen molar-refractivity contribution in [1.82, 2.24) is 15.3 Å². The second kappa shape index (κ2) is 14.1. The second-order valence-electron chi connectivity index (χ2n) is 11.6. The second-order valence-corrected chi connectivity index (χ2v) is 11.6. The van der Waals surface area contributed by atoms with Gasteiger partial charge in [-0.05, 0) is 98.9 Å². The molecule has 3 N–H and O–H groups in total. The first-order chi connectivity index (χ1) is 21.4. The lowest BCUT2D eigenvalue weighted by molar-refractivity contribution is -0.141. The fraction of sp³-hybridized carbons (Fsp3) is 0.457. The van der Waals surface area contributed by atoms with Crippen LogP contribution in [0.3, 0.4) is 0 Å². The summed E-state index contributed by atoms with van der Waals surface area (Å²) in [4.78, 5) is 60.5. The zero-order valence-corrected chi connectivity index (χ0v) is 27.6. The Balaban J connectivity index is 1.86. The van der Waals surface area contributed by atoms with Crippen molar-refractivity contribution in [3.8, 4) is 0 Å². The van der Waals surface area contributed by atoms with E-state index in [-0.39, 0.29) is 42.6 Å². The van der Waals surface area contributed by atoms with Gasteiger partial charge in [0.2, 0.25) is 5.91 Å². The number of hydrogen-bond donors (Lipinski definition) is 3. The van der Waals surface area contributed by atoms with Crippen LogP contribution >= 0.6 is 0 Å². The number of carbonyl (C=O) groups excluding carboxylic acids is 4. The summed E-state index contributed by atoms with van der Waals surface area (Å²) >= 11 is 0. The number of nitrogens with one attached hydrogen (secondary N) is 3. The van der Waals surface area contributed by atoms with Gasteiger partial charge in [-0.1, -0.05) is 13.8 Å². The number of methoxy groups -OCH3 is 2. The zero-order chi connectivity index (χ0) is 33.0. The molecule has 4 rings (SSSR count). The summed E-state index contributed by atoms with van der Waals surface area (Å²) in [5.74, 6) is -0.870. The number of amides is 2. The first-order valence-electron chi connectivity index (χ1n) is 15.5. The molecular weight excluding hydrogens is 572 g/mol. The van der Waals surface area contributed by atoms with Gasteiger partial charge in [-0.2, -0.15) is 0 Å². The fourth-order valence-corrected chi connectivity index (χ4v) is 6.37. The number of esters is 2. The Morgan fingerprint density at radius 2 is 1.47 bits per heavy atom. The third-order valence-electron chi connectivity index (χ3n) is 9.15. The number of rotatable bonds is 12. The van der Waals surface area contributed by atoms with Gasteiger partial charge in [0.05, 0.1) is 26.0 Å². The number of hydrogen-bond acceptors (Lipinski definition) is 6. The highest BCUT2D eigenvalue weighted by atomic mass is 16.5. The summed E-state index contributed by atoms with van der Waals surface area (Å²) in [5, 5.41) is 4.71. The molecule has 0 unspecified atom stereocenters. The number of nitrogens with zero attached hydrogens (tertiary/aromatic N) is 1. The maximum atomic E-state index is 12.4. The average Bonchev–Trinajstić information content (AvgIpc) is 3.67. The number of allylic oxidation sites excluding steroid dienone is 1. The Hall–Kier alpha value is -4.47. The van der Waals surface area contributed by atoms with Crippen LogP contribution in [0.15, 0.2) is 27.3 Å². The SMILES string of the molecule is CCC1=C(C)C(=O)N=C1/C=c1/[nH]/c(=C\c2[nH]c(C[C@H]3NC(=O)C(C)=C3CC)c(C)c2CCC(=O)OC)c(CCC(=O)OC)c1C. The molecular formula is C35H44N4O6. The van der Waals surface area contributed by atoms with Crippen molar-refractivity contribution < 1.29 is 28.7 Å². The summed E-state index contributed by atoms with van der Waals surface area (Å²) < 4.78 is 9.85. The molecule has 4 heterocycles. The van der Waals surface area contributed by atoms with E-state index in [0.717, 1.165) is 67.5 Å². The van der Waals surface area contributed by atoms with Crippen molar-refractivity contribution in [2.45, 2.75) is 92.5 Å². The number of aliphatic imine (C=N–C) groups is 1. The molecule has 240 valence electrons. The van der Waals surface area contributed by atoms with Gasteiger partial charge < -0.3 is 24.8 Å². The molecule has 2 aliphatic heterocycles. The van der Waals surface area contributed by atoms with Gasteiger partial charge in [-0.3, -0.25) is 19.2 Å². The van der Waals surface area contributed by atoms with E-state index in [0.29, 0.717) is 37.0 Å². The van der Waals surface area contributed by atoms with E-state index < -0.39 is 0 Å². The van der Waals surface area contributed by atoms with Crippen LogP contribution in [0.25, 0.3) is 12.2 Å². The molecule has 2 aromatic rings. The highest BCUT2D eigenvalue weighted by molar-refractivity contribution is 6.30. The molecule has 2 aliphatic rings. The Labute approximate surface area is 263 Å². The van der Waals surface area contributed by atoms with Crippen molar-refractivity contribution in [3.63, 3.8) is 0 Å². The predicted octanol–water partition coefficient (Wildman–Crippen LogP) is 3.26. The summed E-state index contributed by atoms with van der Waals surface area (Å²) in [6.45, 7) is 11.7. The number of aromatic nitrogens is 2. The van der Waals surface area contributed by atoms with Gasteiger partial charge >= 0.3 is 11.9 Å². The molecule has 45 heavy (non-hydrogen) atoms. The number of H-pyrrole nitrogens is 2. The van der Waals surface area contributed by atoms with Crippen LogP contribution in [0.4, 0.5) is 0 Å². The summed E-state index contributed by atoms with van der Waals surface area (Å²) in [7, 11) is 2.75. The molecule has 2 aromatic heterocycles. The van der Waals surface area contributed by atoms with Crippen LogP contribution in [0.2, 0.25) is 0 Å². The molecule has 0 saturated heterocycles. The van der Waals surface area contributed by atoms with E-state index in [1.807, 2.05) is 39.8 Å². The fourth-order valence-electron chi connectivity index (χ4n) is 6.37. The van der Waals surface area contributed by atoms with Crippen LogP contribution in [0, 0.1) is 13.8 Å². The number of aromatic amines is 2. The lowest BCUT2D eigenvalue weighted by atomic mass is 9.96. The topological polar surface area (TPSA) is 143 Å². The Bertz CT molecular complexity index is 1760. The molecule has 2 amide bonds. The first-order valence-corrected chi connectivity index (χ1v) is 15.5. The van der Waals surface area contributed by atoms with E-state index in [1.165, 1.54) is 14.2 Å². The standard InChI is InChI=1S/C35H44N4O6/c1-9-22-20(5)34(42)38-28(22)15-26-18(3)24(11-13-32(40)44-7)30(36-26)17-31-25(12-14-33(41)45-8)19(4)27(37-31)16-29-23(10-2)21(6)35(43)39-29/h15,17,29,36-37H,9-14,16H2,1-8H3,(H,39,43)/b26-15+,30-17-/t29-/m1/s1. The minimum absolute atomic E-state index is 0.0375. The maximum Gasteiger partial charge on any atom is 0.305 e. The molecule has 1 atom stereocenters. The van der Waals surface area contributed by atoms with E-state index >= 15 is 0 Å². The molecule has 0 aliphatic carbocycles. The van der Waals surface area contributed by atoms with E-state index in [1.54, 1.807) is 6.92 Å². The quantitative estimate of drug-likeness (QED) is 0.313. The van der Waals surface area contributed by atoms with Crippen LogP contribution < -0.4 is 16.0 Å². The molecule has 0 saturated carbocycles. The van der Waals surface area contributed by atoms with Crippen LogP contribution in [-0.4, -0.2) is 59.7 Å². The third-order valence-corrected chi connectivity index (χ3v) is 9.15. The smallest absolute Gasteiger partial charge is 0.305 e. The van der Waals surface area contributed by atoms with Crippen molar-refractivity contribution in [2.24, 2.45) is 4.99 Å². The maximum absolute atomic E-state index is 12.4. The zero-order valence-electron chi connectivity index (χ0n) is 27.6. The Morgan fingerprint density at radius 1 is 0.822 bits per heavy atom. The largest absolute Gasteiger partial charge is 0.469 e. The number of carbonyl (C=O) groups is 4. The van der Waals surface area contributed by atoms with Crippen molar-refractivity contribution in [1.29, 1.82) is 0 Å². The minimum atomic E-state index is -0.310. The third kappa shape index (κ3) is 6.95. The molecule has 0 spiro atoms. The van der Waals surface area contributed by atoms with Gasteiger partial charge in [-0.15, -0.1) is 0 Å². The molecule has 10 nitrogen and oxygen atoms in total. The lowest BCUT2D eigenvalue weighted by Crippen LogP contribution is -2.31. The summed E-state index contributed by atoms with van der Waals surface area (Å²) in [6, 6.07) is -0.107. The molecule has 0 fully saturated rings. The van der Waals surface area contributed by atoms with Gasteiger partial charge in [0.25, 0.3) is 5.91 Å². The van der Waals surface area contributed by atoms with Crippen LogP contribution in [0.1, 0.15) is 87.0 Å². The molecule has 0 radical (unpaired) electrons. The van der Waals surface area contributed by atoms with Crippen LogP contribution in [-0.2, 0) is 47.9 Å². The van der Waals surface area contributed by atoms with Crippen LogP contribution in [0.5, 0.6) is 0 Å². The molecule has 0 aromatic carbocycles. The van der Waals surface area contributed by atoms with Crippen molar-refractivity contribution in [3.05, 3.63) is 66.6 Å². The Morgan fingerprint density at radius 3 is 2.07 bits per heavy atom. The minimum Gasteiger partial charge on any atom is -0.469 e. The van der Waals surface area contributed by atoms with Gasteiger partial charge in [0.15, 0.2) is 0 Å². The normalized spacial score (nSPS) is 17.5. The highest BCUT2D eigenvalue weighted by Gasteiger charge is 2.29. The van der Waals surface area contributed by atoms with E-state index in [4.69, 9.17) is 9.47 Å². The van der Waals surface area contributed by atoms with Crippen molar-refractivity contribution in [2.75, 3.05) is 14.2 Å². The molecule has 10 heteroatoms. The van der Waals surface area contributed by atoms with Crippen molar-refractivity contribution >= 4 is 41.6 Å². The molecule has 0 bridgehead atoms.